The molecule has 0 fully saturated rings. The summed E-state index contributed by atoms with van der Waals surface area (Å²) in [6, 6.07) is 0. The smallest absolute Gasteiger partial charge is 0.353 e. The van der Waals surface area contributed by atoms with Gasteiger partial charge in [-0.05, 0) is 0 Å². The number of ether oxygens (including phenoxy) is 1. The summed E-state index contributed by atoms with van der Waals surface area (Å²) in [7, 11) is 0. The van der Waals surface area contributed by atoms with Crippen LogP contribution in [-0.4, -0.2) is 34.6 Å². The molecule has 13 heteroatoms. The number of benzene rings is 1. The first-order chi connectivity index (χ1) is 13.1. The van der Waals surface area contributed by atoms with Crippen molar-refractivity contribution in [2.24, 2.45) is 0 Å². The van der Waals surface area contributed by atoms with Crippen LogP contribution in [0.15, 0.2) is 12.7 Å². The minimum Gasteiger partial charge on any atom is -0.385 e. The van der Waals surface area contributed by atoms with Crippen LogP contribution in [0.3, 0.4) is 0 Å². The highest BCUT2D eigenvalue weighted by atomic mass is 19.2. The normalized spacial score (nSPS) is 10.4. The lowest BCUT2D eigenvalue weighted by molar-refractivity contribution is 0.0390. The number of nitrogens with two attached hydrogens (primary N) is 2. The van der Waals surface area contributed by atoms with Crippen molar-refractivity contribution in [3.63, 3.8) is 0 Å². The monoisotopic (exact) mass is 401 g/mol. The number of nitrogens with zero attached hydrogens (tertiary/aromatic N) is 1. The second-order valence-electron chi connectivity index (χ2n) is 5.08. The number of nitrogen functional groups attached to an aromatic ring is 2. The van der Waals surface area contributed by atoms with Crippen LogP contribution in [-0.2, 0) is 4.74 Å². The average Bonchev–Trinajstić information content (AvgIpc) is 2.97. The van der Waals surface area contributed by atoms with Crippen LogP contribution in [0.1, 0.15) is 31.1 Å². The van der Waals surface area contributed by atoms with Crippen LogP contribution in [0, 0.1) is 23.3 Å². The van der Waals surface area contributed by atoms with Crippen LogP contribution in [0.4, 0.5) is 29.2 Å². The molecule has 0 saturated carbocycles. The van der Waals surface area contributed by atoms with Gasteiger partial charge in [0.25, 0.3) is 5.91 Å². The van der Waals surface area contributed by atoms with Crippen LogP contribution in [0.5, 0.6) is 0 Å². The van der Waals surface area contributed by atoms with E-state index in [0.717, 1.165) is 6.08 Å². The molecule has 2 aromatic rings. The summed E-state index contributed by atoms with van der Waals surface area (Å²) in [6.07, 6.45) is 1.14. The lowest BCUT2D eigenvalue weighted by atomic mass is 10.1. The summed E-state index contributed by atoms with van der Waals surface area (Å²) in [5.74, 6) is -14.9. The standard InChI is InChI=1S/C15H11F4N5O4/c1-2-3-22-13(25)4-7(16)9(18)5(10(19)8(4)17)14(26)28-15(27)6-11(20)23-24-12(6)21/h2H,1,3H2,(H,22,25)(H5,20,21,23,24). The molecule has 0 atom stereocenters. The zero-order valence-electron chi connectivity index (χ0n) is 13.7. The maximum atomic E-state index is 14.1. The van der Waals surface area contributed by atoms with Gasteiger partial charge in [0, 0.05) is 6.54 Å². The van der Waals surface area contributed by atoms with E-state index in [-0.39, 0.29) is 6.54 Å². The van der Waals surface area contributed by atoms with E-state index in [9.17, 15) is 31.9 Å². The summed E-state index contributed by atoms with van der Waals surface area (Å²) in [4.78, 5) is 35.4. The maximum absolute atomic E-state index is 14.1. The first kappa shape index (κ1) is 20.4. The van der Waals surface area contributed by atoms with Gasteiger partial charge in [-0.3, -0.25) is 9.89 Å². The molecular weight excluding hydrogens is 390 g/mol. The number of nitrogens with one attached hydrogen (secondary N) is 2. The summed E-state index contributed by atoms with van der Waals surface area (Å²) in [5, 5.41) is 7.33. The zero-order valence-corrected chi connectivity index (χ0v) is 13.7. The molecule has 1 aromatic carbocycles. The summed E-state index contributed by atoms with van der Waals surface area (Å²) >= 11 is 0. The summed E-state index contributed by atoms with van der Waals surface area (Å²) in [6.45, 7) is 2.98. The number of H-pyrrole nitrogens is 1. The highest BCUT2D eigenvalue weighted by Gasteiger charge is 2.34. The van der Waals surface area contributed by atoms with E-state index >= 15 is 0 Å². The lowest BCUT2D eigenvalue weighted by Gasteiger charge is -2.11. The lowest BCUT2D eigenvalue weighted by Crippen LogP contribution is -2.28. The zero-order chi connectivity index (χ0) is 21.2. The van der Waals surface area contributed by atoms with Gasteiger partial charge in [0.15, 0.2) is 29.1 Å². The molecule has 0 aliphatic rings. The van der Waals surface area contributed by atoms with Gasteiger partial charge in [0.1, 0.15) is 22.5 Å². The SMILES string of the molecule is C=CCNC(=O)c1c(F)c(F)c(C(=O)OC(=O)c2c(N)n[nH]c2N)c(F)c1F. The molecule has 148 valence electrons. The Kier molecular flexibility index (Phi) is 5.67. The maximum Gasteiger partial charge on any atom is 0.353 e. The molecular formula is C15H11F4N5O4. The molecule has 9 nitrogen and oxygen atoms in total. The fourth-order valence-corrected chi connectivity index (χ4v) is 2.03. The van der Waals surface area contributed by atoms with Gasteiger partial charge in [-0.2, -0.15) is 5.10 Å². The minimum atomic E-state index is -2.24. The quantitative estimate of drug-likeness (QED) is 0.192. The third kappa shape index (κ3) is 3.49. The Labute approximate surface area is 153 Å². The Morgan fingerprint density at radius 1 is 1.00 bits per heavy atom. The average molecular weight is 401 g/mol. The van der Waals surface area contributed by atoms with Crippen LogP contribution >= 0.6 is 0 Å². The third-order valence-electron chi connectivity index (χ3n) is 3.31. The minimum absolute atomic E-state index is 0.257. The molecule has 6 N–H and O–H groups in total. The number of anilines is 2. The summed E-state index contributed by atoms with van der Waals surface area (Å²) in [5.41, 5.74) is 6.52. The molecule has 0 aliphatic heterocycles. The second-order valence-corrected chi connectivity index (χ2v) is 5.08. The van der Waals surface area contributed by atoms with Gasteiger partial charge < -0.3 is 21.5 Å². The van der Waals surface area contributed by atoms with Crippen LogP contribution in [0.25, 0.3) is 0 Å². The largest absolute Gasteiger partial charge is 0.385 e. The Morgan fingerprint density at radius 3 is 1.96 bits per heavy atom. The number of hydrogen-bond donors (Lipinski definition) is 4. The van der Waals surface area contributed by atoms with Crippen LogP contribution < -0.4 is 16.8 Å². The fourth-order valence-electron chi connectivity index (χ4n) is 2.03. The molecule has 1 amide bonds. The number of aromatic amines is 1. The number of esters is 2. The van der Waals surface area contributed by atoms with E-state index in [1.54, 1.807) is 0 Å². The van der Waals surface area contributed by atoms with Crippen molar-refractivity contribution in [3.8, 4) is 0 Å². The van der Waals surface area contributed by atoms with E-state index in [1.165, 1.54) is 0 Å². The highest BCUT2D eigenvalue weighted by molar-refractivity contribution is 6.07. The topological polar surface area (TPSA) is 153 Å². The van der Waals surface area contributed by atoms with E-state index in [2.05, 4.69) is 21.5 Å². The fraction of sp³-hybridized carbons (Fsp3) is 0.0667. The van der Waals surface area contributed by atoms with E-state index < -0.39 is 69.4 Å². The Bertz CT molecular complexity index is 956. The molecule has 28 heavy (non-hydrogen) atoms. The van der Waals surface area contributed by atoms with Crippen LogP contribution in [0.2, 0.25) is 0 Å². The van der Waals surface area contributed by atoms with Crippen molar-refractivity contribution in [1.29, 1.82) is 0 Å². The van der Waals surface area contributed by atoms with Gasteiger partial charge in [-0.25, -0.2) is 27.2 Å². The number of rotatable bonds is 5. The number of amides is 1. The van der Waals surface area contributed by atoms with Crippen molar-refractivity contribution in [2.45, 2.75) is 0 Å². The Morgan fingerprint density at radius 2 is 1.50 bits per heavy atom. The van der Waals surface area contributed by atoms with E-state index in [0.29, 0.717) is 0 Å². The van der Waals surface area contributed by atoms with E-state index in [1.807, 2.05) is 5.32 Å². The number of carbonyl (C=O) groups excluding carboxylic acids is 3. The highest BCUT2D eigenvalue weighted by Crippen LogP contribution is 2.26. The van der Waals surface area contributed by atoms with Crippen molar-refractivity contribution in [1.82, 2.24) is 15.5 Å². The van der Waals surface area contributed by atoms with Gasteiger partial charge in [-0.15, -0.1) is 6.58 Å². The van der Waals surface area contributed by atoms with Gasteiger partial charge in [0.2, 0.25) is 0 Å². The molecule has 0 saturated heterocycles. The Balaban J connectivity index is 2.43. The molecule has 1 aromatic heterocycles. The molecule has 0 aliphatic carbocycles. The van der Waals surface area contributed by atoms with Crippen molar-refractivity contribution in [3.05, 3.63) is 52.6 Å². The van der Waals surface area contributed by atoms with Gasteiger partial charge >= 0.3 is 11.9 Å². The predicted molar refractivity (Wildman–Crippen MR) is 86.0 cm³/mol. The first-order valence-electron chi connectivity index (χ1n) is 7.22. The van der Waals surface area contributed by atoms with Gasteiger partial charge in [-0.1, -0.05) is 6.08 Å². The summed E-state index contributed by atoms with van der Waals surface area (Å²) < 4.78 is 60.5. The molecule has 2 rings (SSSR count). The third-order valence-corrected chi connectivity index (χ3v) is 3.31. The molecule has 0 spiro atoms. The van der Waals surface area contributed by atoms with Crippen molar-refractivity contribution >= 4 is 29.5 Å². The van der Waals surface area contributed by atoms with E-state index in [4.69, 9.17) is 11.5 Å². The van der Waals surface area contributed by atoms with Gasteiger partial charge in [0.05, 0.1) is 0 Å². The second kappa shape index (κ2) is 7.77. The number of carbonyl (C=O) groups is 3. The molecule has 1 heterocycles. The van der Waals surface area contributed by atoms with Crippen molar-refractivity contribution in [2.75, 3.05) is 18.0 Å². The number of aromatic nitrogens is 2. The first-order valence-corrected chi connectivity index (χ1v) is 7.22. The van der Waals surface area contributed by atoms with Crippen molar-refractivity contribution < 1.29 is 36.7 Å². The Hall–Kier alpha value is -3.90. The molecule has 0 unspecified atom stereocenters. The molecule has 0 bridgehead atoms. The predicted octanol–water partition coefficient (Wildman–Crippen LogP) is 1.04. The number of hydrogen-bond acceptors (Lipinski definition) is 7. The number of halogens is 4. The molecule has 0 radical (unpaired) electrons.